The number of hydrogen-bond donors (Lipinski definition) is 1. The van der Waals surface area contributed by atoms with Gasteiger partial charge in [-0.05, 0) is 60.0 Å². The Balaban J connectivity index is 1.55. The van der Waals surface area contributed by atoms with E-state index in [9.17, 15) is 9.59 Å². The summed E-state index contributed by atoms with van der Waals surface area (Å²) in [6.45, 7) is 3.71. The van der Waals surface area contributed by atoms with E-state index in [2.05, 4.69) is 21.2 Å². The number of benzene rings is 3. The summed E-state index contributed by atoms with van der Waals surface area (Å²) in [5.74, 6) is 0.105. The molecule has 0 aliphatic carbocycles. The zero-order valence-corrected chi connectivity index (χ0v) is 18.2. The summed E-state index contributed by atoms with van der Waals surface area (Å²) in [5, 5.41) is 4.99. The van der Waals surface area contributed by atoms with E-state index in [0.29, 0.717) is 5.75 Å². The fourth-order valence-corrected chi connectivity index (χ4v) is 3.41. The average molecular weight is 455 g/mol. The lowest BCUT2D eigenvalue weighted by Gasteiger charge is -2.18. The topological polar surface area (TPSA) is 58.6 Å². The summed E-state index contributed by atoms with van der Waals surface area (Å²) in [6.07, 6.45) is 0. The van der Waals surface area contributed by atoms with E-state index < -0.39 is 0 Å². The number of nitrogens with zero attached hydrogens (tertiary/aromatic N) is 1. The summed E-state index contributed by atoms with van der Waals surface area (Å²) in [6, 6.07) is 17.4. The van der Waals surface area contributed by atoms with Gasteiger partial charge in [0.15, 0.2) is 6.61 Å². The van der Waals surface area contributed by atoms with Gasteiger partial charge in [0.2, 0.25) is 5.91 Å². The van der Waals surface area contributed by atoms with Gasteiger partial charge in [0.1, 0.15) is 5.75 Å². The van der Waals surface area contributed by atoms with E-state index in [1.807, 2.05) is 68.4 Å². The monoisotopic (exact) mass is 454 g/mol. The lowest BCUT2D eigenvalue weighted by atomic mass is 10.1. The number of rotatable bonds is 6. The van der Waals surface area contributed by atoms with Crippen LogP contribution in [0.5, 0.6) is 5.75 Å². The molecular formula is C23H23BrN2O3. The van der Waals surface area contributed by atoms with Crippen molar-refractivity contribution in [2.45, 2.75) is 13.8 Å². The van der Waals surface area contributed by atoms with E-state index in [1.165, 1.54) is 4.90 Å². The molecule has 3 aromatic rings. The van der Waals surface area contributed by atoms with Crippen molar-refractivity contribution in [3.05, 3.63) is 70.2 Å². The highest BCUT2D eigenvalue weighted by Crippen LogP contribution is 2.24. The molecule has 0 fully saturated rings. The van der Waals surface area contributed by atoms with Gasteiger partial charge in [-0.15, -0.1) is 0 Å². The molecule has 0 aliphatic heterocycles. The first kappa shape index (κ1) is 20.9. The molecule has 0 bridgehead atoms. The standard InChI is InChI=1S/C23H23BrN2O3/c1-15-5-4-6-16(2)23(15)25-21(27)13-26(3)22(28)14-29-20-10-8-17-11-19(24)9-7-18(17)12-20/h4-12H,13-14H2,1-3H3,(H,25,27). The number of aryl methyl sites for hydroxylation is 2. The van der Waals surface area contributed by atoms with Crippen molar-refractivity contribution in [1.29, 1.82) is 0 Å². The van der Waals surface area contributed by atoms with Crippen molar-refractivity contribution >= 4 is 44.2 Å². The second-order valence-electron chi connectivity index (χ2n) is 7.01. The Labute approximate surface area is 178 Å². The summed E-state index contributed by atoms with van der Waals surface area (Å²) < 4.78 is 6.64. The van der Waals surface area contributed by atoms with E-state index in [0.717, 1.165) is 32.1 Å². The molecule has 3 aromatic carbocycles. The van der Waals surface area contributed by atoms with Gasteiger partial charge in [0.05, 0.1) is 6.54 Å². The SMILES string of the molecule is Cc1cccc(C)c1NC(=O)CN(C)C(=O)COc1ccc2cc(Br)ccc2c1. The highest BCUT2D eigenvalue weighted by atomic mass is 79.9. The number of hydrogen-bond acceptors (Lipinski definition) is 3. The van der Waals surface area contributed by atoms with Gasteiger partial charge in [-0.25, -0.2) is 0 Å². The van der Waals surface area contributed by atoms with Crippen molar-refractivity contribution in [3.8, 4) is 5.75 Å². The van der Waals surface area contributed by atoms with Gasteiger partial charge in [-0.1, -0.05) is 46.3 Å². The minimum Gasteiger partial charge on any atom is -0.484 e. The Hall–Kier alpha value is -2.86. The highest BCUT2D eigenvalue weighted by Gasteiger charge is 2.15. The molecule has 0 heterocycles. The van der Waals surface area contributed by atoms with Gasteiger partial charge < -0.3 is 15.0 Å². The summed E-state index contributed by atoms with van der Waals surface area (Å²) >= 11 is 3.45. The number of carbonyl (C=O) groups excluding carboxylic acids is 2. The van der Waals surface area contributed by atoms with Crippen LogP contribution in [-0.2, 0) is 9.59 Å². The fourth-order valence-electron chi connectivity index (χ4n) is 3.03. The lowest BCUT2D eigenvalue weighted by molar-refractivity contribution is -0.135. The average Bonchev–Trinajstić information content (AvgIpc) is 2.69. The van der Waals surface area contributed by atoms with Crippen molar-refractivity contribution in [2.24, 2.45) is 0 Å². The summed E-state index contributed by atoms with van der Waals surface area (Å²) in [5.41, 5.74) is 2.76. The summed E-state index contributed by atoms with van der Waals surface area (Å²) in [7, 11) is 1.59. The van der Waals surface area contributed by atoms with Crippen LogP contribution in [-0.4, -0.2) is 36.9 Å². The zero-order valence-electron chi connectivity index (χ0n) is 16.7. The van der Waals surface area contributed by atoms with Crippen LogP contribution in [0.25, 0.3) is 10.8 Å². The molecule has 0 aromatic heterocycles. The Morgan fingerprint density at radius 1 is 1.00 bits per heavy atom. The van der Waals surface area contributed by atoms with Crippen LogP contribution in [0.15, 0.2) is 59.1 Å². The summed E-state index contributed by atoms with van der Waals surface area (Å²) in [4.78, 5) is 26.1. The normalized spacial score (nSPS) is 10.6. The maximum atomic E-state index is 12.4. The molecule has 3 rings (SSSR count). The molecule has 6 heteroatoms. The van der Waals surface area contributed by atoms with Crippen molar-refractivity contribution < 1.29 is 14.3 Å². The molecule has 5 nitrogen and oxygen atoms in total. The Kier molecular flexibility index (Phi) is 6.54. The first-order chi connectivity index (χ1) is 13.8. The van der Waals surface area contributed by atoms with Gasteiger partial charge >= 0.3 is 0 Å². The smallest absolute Gasteiger partial charge is 0.260 e. The van der Waals surface area contributed by atoms with E-state index in [1.54, 1.807) is 7.05 Å². The van der Waals surface area contributed by atoms with Crippen LogP contribution >= 0.6 is 15.9 Å². The molecule has 29 heavy (non-hydrogen) atoms. The van der Waals surface area contributed by atoms with Crippen LogP contribution < -0.4 is 10.1 Å². The number of fused-ring (bicyclic) bond motifs is 1. The quantitative estimate of drug-likeness (QED) is 0.587. The van der Waals surface area contributed by atoms with E-state index >= 15 is 0 Å². The number of ether oxygens (including phenoxy) is 1. The number of likely N-dealkylation sites (N-methyl/N-ethyl adjacent to an activating group) is 1. The van der Waals surface area contributed by atoms with Gasteiger partial charge in [0, 0.05) is 17.2 Å². The maximum absolute atomic E-state index is 12.4. The van der Waals surface area contributed by atoms with Crippen LogP contribution in [0.3, 0.4) is 0 Å². The van der Waals surface area contributed by atoms with Crippen molar-refractivity contribution in [2.75, 3.05) is 25.5 Å². The maximum Gasteiger partial charge on any atom is 0.260 e. The first-order valence-electron chi connectivity index (χ1n) is 9.25. The van der Waals surface area contributed by atoms with Crippen LogP contribution in [0, 0.1) is 13.8 Å². The predicted octanol–water partition coefficient (Wildman–Crippen LogP) is 4.70. The number of para-hydroxylation sites is 1. The van der Waals surface area contributed by atoms with Crippen LogP contribution in [0.2, 0.25) is 0 Å². The Morgan fingerprint density at radius 2 is 1.66 bits per heavy atom. The third kappa shape index (κ3) is 5.35. The molecule has 1 N–H and O–H groups in total. The molecule has 0 spiro atoms. The van der Waals surface area contributed by atoms with E-state index in [4.69, 9.17) is 4.74 Å². The second kappa shape index (κ2) is 9.09. The molecule has 0 saturated heterocycles. The zero-order chi connectivity index (χ0) is 21.0. The van der Waals surface area contributed by atoms with Gasteiger partial charge in [0.25, 0.3) is 5.91 Å². The van der Waals surface area contributed by atoms with Gasteiger partial charge in [-0.2, -0.15) is 0 Å². The Morgan fingerprint density at radius 3 is 2.38 bits per heavy atom. The minimum absolute atomic E-state index is 0.0400. The van der Waals surface area contributed by atoms with Crippen LogP contribution in [0.4, 0.5) is 5.69 Å². The highest BCUT2D eigenvalue weighted by molar-refractivity contribution is 9.10. The molecule has 0 radical (unpaired) electrons. The third-order valence-electron chi connectivity index (χ3n) is 4.69. The number of amides is 2. The molecule has 150 valence electrons. The molecule has 0 atom stereocenters. The number of carbonyl (C=O) groups is 2. The molecule has 2 amide bonds. The van der Waals surface area contributed by atoms with Crippen LogP contribution in [0.1, 0.15) is 11.1 Å². The molecular weight excluding hydrogens is 432 g/mol. The second-order valence-corrected chi connectivity index (χ2v) is 7.92. The molecule has 0 aliphatic rings. The molecule has 0 unspecified atom stereocenters. The minimum atomic E-state index is -0.266. The van der Waals surface area contributed by atoms with E-state index in [-0.39, 0.29) is 25.0 Å². The van der Waals surface area contributed by atoms with Crippen molar-refractivity contribution in [1.82, 2.24) is 4.90 Å². The van der Waals surface area contributed by atoms with Gasteiger partial charge in [-0.3, -0.25) is 9.59 Å². The lowest BCUT2D eigenvalue weighted by Crippen LogP contribution is -2.37. The largest absolute Gasteiger partial charge is 0.484 e. The Bertz CT molecular complexity index is 1040. The number of halogens is 1. The van der Waals surface area contributed by atoms with Crippen molar-refractivity contribution in [3.63, 3.8) is 0 Å². The molecule has 0 saturated carbocycles. The first-order valence-corrected chi connectivity index (χ1v) is 10.0. The number of nitrogens with one attached hydrogen (secondary N) is 1. The third-order valence-corrected chi connectivity index (χ3v) is 5.18. The predicted molar refractivity (Wildman–Crippen MR) is 119 cm³/mol. The fraction of sp³-hybridized carbons (Fsp3) is 0.217. The number of anilines is 1.